The van der Waals surface area contributed by atoms with Gasteiger partial charge in [0, 0.05) is 6.54 Å². The molecule has 0 radical (unpaired) electrons. The number of likely N-dealkylation sites (tertiary alicyclic amines) is 1. The first-order valence-electron chi connectivity index (χ1n) is 7.49. The fourth-order valence-corrected chi connectivity index (χ4v) is 3.06. The number of benzene rings is 1. The van der Waals surface area contributed by atoms with Gasteiger partial charge in [0.15, 0.2) is 0 Å². The van der Waals surface area contributed by atoms with Crippen molar-refractivity contribution >= 4 is 0 Å². The number of hydrogen-bond acceptors (Lipinski definition) is 1. The second-order valence-corrected chi connectivity index (χ2v) is 5.94. The Balaban J connectivity index is 1.98. The predicted molar refractivity (Wildman–Crippen MR) is 79.3 cm³/mol. The molecular formula is C17H27N. The third-order valence-electron chi connectivity index (χ3n) is 4.26. The molecule has 0 atom stereocenters. The zero-order chi connectivity index (χ0) is 13.0. The lowest BCUT2D eigenvalue weighted by molar-refractivity contribution is 0.231. The second-order valence-electron chi connectivity index (χ2n) is 5.94. The average molecular weight is 245 g/mol. The van der Waals surface area contributed by atoms with Gasteiger partial charge in [-0.3, -0.25) is 0 Å². The van der Waals surface area contributed by atoms with Gasteiger partial charge < -0.3 is 4.90 Å². The van der Waals surface area contributed by atoms with Gasteiger partial charge in [-0.1, -0.05) is 38.5 Å². The molecule has 1 saturated heterocycles. The van der Waals surface area contributed by atoms with Gasteiger partial charge in [0.2, 0.25) is 0 Å². The summed E-state index contributed by atoms with van der Waals surface area (Å²) in [7, 11) is 0. The third-order valence-corrected chi connectivity index (χ3v) is 4.26. The van der Waals surface area contributed by atoms with Crippen LogP contribution >= 0.6 is 0 Å². The minimum absolute atomic E-state index is 0.639. The van der Waals surface area contributed by atoms with Crippen molar-refractivity contribution in [2.45, 2.75) is 52.4 Å². The van der Waals surface area contributed by atoms with E-state index in [1.54, 1.807) is 5.56 Å². The minimum atomic E-state index is 0.639. The zero-order valence-electron chi connectivity index (χ0n) is 12.2. The molecular weight excluding hydrogens is 218 g/mol. The molecule has 18 heavy (non-hydrogen) atoms. The van der Waals surface area contributed by atoms with Crippen molar-refractivity contribution in [2.24, 2.45) is 0 Å². The van der Waals surface area contributed by atoms with Gasteiger partial charge in [0.25, 0.3) is 0 Å². The van der Waals surface area contributed by atoms with Gasteiger partial charge in [-0.25, -0.2) is 0 Å². The molecule has 0 aliphatic carbocycles. The second kappa shape index (κ2) is 6.38. The SMILES string of the molecule is Cc1c(CCN2CCCCC2)cccc1C(C)C. The van der Waals surface area contributed by atoms with Crippen molar-refractivity contribution in [3.63, 3.8) is 0 Å². The van der Waals surface area contributed by atoms with Gasteiger partial charge in [0.1, 0.15) is 0 Å². The molecule has 1 aliphatic heterocycles. The van der Waals surface area contributed by atoms with Crippen LogP contribution < -0.4 is 0 Å². The van der Waals surface area contributed by atoms with Crippen LogP contribution in [0.3, 0.4) is 0 Å². The molecule has 1 aliphatic rings. The molecule has 0 aromatic heterocycles. The standard InChI is InChI=1S/C17H27N/c1-14(2)17-9-7-8-16(15(17)3)10-13-18-11-5-4-6-12-18/h7-9,14H,4-6,10-13H2,1-3H3. The molecule has 1 nitrogen and oxygen atoms in total. The largest absolute Gasteiger partial charge is 0.303 e. The first-order chi connectivity index (χ1) is 8.68. The van der Waals surface area contributed by atoms with Crippen molar-refractivity contribution in [1.29, 1.82) is 0 Å². The lowest BCUT2D eigenvalue weighted by Crippen LogP contribution is -2.31. The van der Waals surface area contributed by atoms with E-state index < -0.39 is 0 Å². The van der Waals surface area contributed by atoms with Crippen LogP contribution in [0.2, 0.25) is 0 Å². The normalized spacial score (nSPS) is 17.3. The van der Waals surface area contributed by atoms with Crippen LogP contribution in [0.25, 0.3) is 0 Å². The van der Waals surface area contributed by atoms with E-state index in [4.69, 9.17) is 0 Å². The Morgan fingerprint density at radius 1 is 1.11 bits per heavy atom. The van der Waals surface area contributed by atoms with Crippen molar-refractivity contribution in [3.8, 4) is 0 Å². The Hall–Kier alpha value is -0.820. The molecule has 2 rings (SSSR count). The molecule has 1 aromatic carbocycles. The summed E-state index contributed by atoms with van der Waals surface area (Å²) in [5.74, 6) is 0.639. The van der Waals surface area contributed by atoms with Gasteiger partial charge in [-0.15, -0.1) is 0 Å². The monoisotopic (exact) mass is 245 g/mol. The van der Waals surface area contributed by atoms with E-state index in [1.165, 1.54) is 56.4 Å². The molecule has 0 amide bonds. The van der Waals surface area contributed by atoms with Crippen LogP contribution in [0, 0.1) is 6.92 Å². The lowest BCUT2D eigenvalue weighted by Gasteiger charge is -2.26. The fourth-order valence-electron chi connectivity index (χ4n) is 3.06. The van der Waals surface area contributed by atoms with E-state index in [2.05, 4.69) is 43.9 Å². The number of hydrogen-bond donors (Lipinski definition) is 0. The smallest absolute Gasteiger partial charge is 0.00219 e. The fraction of sp³-hybridized carbons (Fsp3) is 0.647. The quantitative estimate of drug-likeness (QED) is 0.770. The Bertz CT molecular complexity index is 375. The Morgan fingerprint density at radius 2 is 1.83 bits per heavy atom. The number of rotatable bonds is 4. The van der Waals surface area contributed by atoms with E-state index in [9.17, 15) is 0 Å². The van der Waals surface area contributed by atoms with Gasteiger partial charge in [-0.05, 0) is 61.9 Å². The van der Waals surface area contributed by atoms with Crippen molar-refractivity contribution < 1.29 is 0 Å². The lowest BCUT2D eigenvalue weighted by atomic mass is 9.93. The molecule has 0 spiro atoms. The third kappa shape index (κ3) is 3.35. The van der Waals surface area contributed by atoms with Crippen molar-refractivity contribution in [2.75, 3.05) is 19.6 Å². The van der Waals surface area contributed by atoms with Crippen LogP contribution in [0.5, 0.6) is 0 Å². The van der Waals surface area contributed by atoms with Crippen LogP contribution in [0.4, 0.5) is 0 Å². The molecule has 1 heteroatoms. The molecule has 1 heterocycles. The van der Waals surface area contributed by atoms with Crippen LogP contribution in [-0.4, -0.2) is 24.5 Å². The summed E-state index contributed by atoms with van der Waals surface area (Å²) in [5, 5.41) is 0. The maximum absolute atomic E-state index is 2.63. The summed E-state index contributed by atoms with van der Waals surface area (Å²) in [5.41, 5.74) is 4.59. The summed E-state index contributed by atoms with van der Waals surface area (Å²) >= 11 is 0. The van der Waals surface area contributed by atoms with E-state index in [1.807, 2.05) is 0 Å². The molecule has 0 N–H and O–H groups in total. The summed E-state index contributed by atoms with van der Waals surface area (Å²) in [4.78, 5) is 2.63. The van der Waals surface area contributed by atoms with Gasteiger partial charge in [-0.2, -0.15) is 0 Å². The summed E-state index contributed by atoms with van der Waals surface area (Å²) in [6, 6.07) is 6.82. The molecule has 1 fully saturated rings. The van der Waals surface area contributed by atoms with Crippen molar-refractivity contribution in [3.05, 3.63) is 34.9 Å². The Morgan fingerprint density at radius 3 is 2.50 bits per heavy atom. The number of nitrogens with zero attached hydrogens (tertiary/aromatic N) is 1. The highest BCUT2D eigenvalue weighted by molar-refractivity contribution is 5.36. The van der Waals surface area contributed by atoms with Crippen LogP contribution in [0.15, 0.2) is 18.2 Å². The maximum Gasteiger partial charge on any atom is 0.00219 e. The van der Waals surface area contributed by atoms with Gasteiger partial charge in [0.05, 0.1) is 0 Å². The molecule has 0 bridgehead atoms. The highest BCUT2D eigenvalue weighted by Crippen LogP contribution is 2.22. The zero-order valence-corrected chi connectivity index (χ0v) is 12.2. The highest BCUT2D eigenvalue weighted by Gasteiger charge is 2.11. The Labute approximate surface area is 112 Å². The van der Waals surface area contributed by atoms with E-state index in [0.29, 0.717) is 5.92 Å². The maximum atomic E-state index is 2.63. The van der Waals surface area contributed by atoms with Crippen LogP contribution in [-0.2, 0) is 6.42 Å². The first kappa shape index (κ1) is 13.6. The summed E-state index contributed by atoms with van der Waals surface area (Å²) < 4.78 is 0. The van der Waals surface area contributed by atoms with E-state index >= 15 is 0 Å². The molecule has 100 valence electrons. The average Bonchev–Trinajstić information content (AvgIpc) is 2.38. The Kier molecular flexibility index (Phi) is 4.82. The highest BCUT2D eigenvalue weighted by atomic mass is 15.1. The first-order valence-corrected chi connectivity index (χ1v) is 7.49. The predicted octanol–water partition coefficient (Wildman–Crippen LogP) is 4.15. The van der Waals surface area contributed by atoms with Crippen LogP contribution in [0.1, 0.15) is 55.7 Å². The number of piperidine rings is 1. The topological polar surface area (TPSA) is 3.24 Å². The van der Waals surface area contributed by atoms with E-state index in [0.717, 1.165) is 0 Å². The molecule has 0 unspecified atom stereocenters. The minimum Gasteiger partial charge on any atom is -0.303 e. The summed E-state index contributed by atoms with van der Waals surface area (Å²) in [6.07, 6.45) is 5.43. The molecule has 0 saturated carbocycles. The van der Waals surface area contributed by atoms with Gasteiger partial charge >= 0.3 is 0 Å². The summed E-state index contributed by atoms with van der Waals surface area (Å²) in [6.45, 7) is 10.7. The van der Waals surface area contributed by atoms with E-state index in [-0.39, 0.29) is 0 Å². The van der Waals surface area contributed by atoms with Crippen molar-refractivity contribution in [1.82, 2.24) is 4.90 Å². The molecule has 1 aromatic rings.